The molecule has 0 heterocycles. The quantitative estimate of drug-likeness (QED) is 0.220. The number of ether oxygens (including phenoxy) is 1. The van der Waals surface area contributed by atoms with Crippen LogP contribution in [0.5, 0.6) is 0 Å². The maximum Gasteiger partial charge on any atom is 2.00 e. The zero-order valence-electron chi connectivity index (χ0n) is 12.6. The van der Waals surface area contributed by atoms with Gasteiger partial charge in [0.25, 0.3) is 0 Å². The third-order valence-corrected chi connectivity index (χ3v) is 1.32. The van der Waals surface area contributed by atoms with Crippen LogP contribution in [0, 0.1) is 0 Å². The summed E-state index contributed by atoms with van der Waals surface area (Å²) in [5.74, 6) is 4.67. The molecule has 0 aromatic rings. The summed E-state index contributed by atoms with van der Waals surface area (Å²) < 4.78 is 82.8. The smallest absolute Gasteiger partial charge is 0.495 e. The van der Waals surface area contributed by atoms with Crippen molar-refractivity contribution in [1.29, 1.82) is 0 Å². The number of hydrogen-bond donors (Lipinski definition) is 0. The SMILES string of the molecule is COC(=CC=CC=C=O)C(=C=O)C=C=O.F[B-](F)(F)F.F[B-](F)(F)F.[Fe+2]. The number of allylic oxidation sites excluding steroid dienone is 5. The Kier molecular flexibility index (Phi) is 21.2. The Labute approximate surface area is 152 Å². The summed E-state index contributed by atoms with van der Waals surface area (Å²) in [6.45, 7) is 0. The largest absolute Gasteiger partial charge is 2.00 e. The van der Waals surface area contributed by atoms with E-state index in [4.69, 9.17) is 4.74 Å². The average Bonchev–Trinajstić information content (AvgIpc) is 2.42. The first-order valence-electron chi connectivity index (χ1n) is 5.63. The molecular weight excluding hydrogens is 426 g/mol. The number of carbonyl (C=O) groups excluding carboxylic acids is 3. The average molecular weight is 434 g/mol. The zero-order valence-corrected chi connectivity index (χ0v) is 13.7. The van der Waals surface area contributed by atoms with Gasteiger partial charge in [-0.2, -0.15) is 0 Å². The molecule has 0 saturated carbocycles. The van der Waals surface area contributed by atoms with Crippen LogP contribution >= 0.6 is 0 Å². The molecule has 0 fully saturated rings. The minimum Gasteiger partial charge on any atom is -0.495 e. The van der Waals surface area contributed by atoms with Crippen LogP contribution in [-0.4, -0.2) is 39.4 Å². The Balaban J connectivity index is -0.000000182. The zero-order chi connectivity index (χ0) is 20.5. The van der Waals surface area contributed by atoms with E-state index in [1.165, 1.54) is 37.2 Å². The molecule has 0 aliphatic heterocycles. The van der Waals surface area contributed by atoms with Crippen LogP contribution in [0.4, 0.5) is 34.5 Å². The maximum absolute atomic E-state index is 10.4. The van der Waals surface area contributed by atoms with E-state index in [-0.39, 0.29) is 28.4 Å². The van der Waals surface area contributed by atoms with E-state index in [9.17, 15) is 48.9 Å². The first-order valence-corrected chi connectivity index (χ1v) is 5.63. The van der Waals surface area contributed by atoms with Gasteiger partial charge in [-0.15, -0.1) is 0 Å². The van der Waals surface area contributed by atoms with Crippen molar-refractivity contribution in [1.82, 2.24) is 0 Å². The van der Waals surface area contributed by atoms with Crippen molar-refractivity contribution < 1.29 is 70.7 Å². The van der Waals surface area contributed by atoms with Gasteiger partial charge in [-0.1, -0.05) is 12.2 Å². The van der Waals surface area contributed by atoms with E-state index in [2.05, 4.69) is 0 Å². The van der Waals surface area contributed by atoms with Crippen LogP contribution in [0.3, 0.4) is 0 Å². The second kappa shape index (κ2) is 17.5. The predicted molar refractivity (Wildman–Crippen MR) is 74.3 cm³/mol. The van der Waals surface area contributed by atoms with Crippen LogP contribution < -0.4 is 0 Å². The van der Waals surface area contributed by atoms with Gasteiger partial charge in [0.05, 0.1) is 7.11 Å². The topological polar surface area (TPSA) is 60.4 Å². The third-order valence-electron chi connectivity index (χ3n) is 1.32. The maximum atomic E-state index is 10.4. The standard InChI is InChI=1S/C11H8O4.2BF4.Fe/c1-15-11(5-3-2-4-7-12)10(9-14)6-8-13;2*2-1(3,4)5;/h2-6H,1H3;;;/q;2*-1;+2. The number of halogens is 8. The molecule has 0 unspecified atom stereocenters. The Morgan fingerprint density at radius 2 is 1.27 bits per heavy atom. The summed E-state index contributed by atoms with van der Waals surface area (Å²) in [5, 5.41) is 0. The fourth-order valence-electron chi connectivity index (χ4n) is 0.715. The molecule has 0 bridgehead atoms. The van der Waals surface area contributed by atoms with Crippen LogP contribution in [0.2, 0.25) is 0 Å². The molecular formula is C11H8B2F8FeO4. The summed E-state index contributed by atoms with van der Waals surface area (Å²) in [5.41, 5.74) is -0.0489. The summed E-state index contributed by atoms with van der Waals surface area (Å²) >= 11 is 0. The molecule has 0 aliphatic rings. The third kappa shape index (κ3) is 43.0. The van der Waals surface area contributed by atoms with Gasteiger partial charge in [0, 0.05) is 12.2 Å². The number of rotatable bonds is 5. The van der Waals surface area contributed by atoms with Crippen molar-refractivity contribution in [2.45, 2.75) is 0 Å². The molecule has 0 aromatic carbocycles. The molecule has 0 amide bonds. The number of methoxy groups -OCH3 is 1. The van der Waals surface area contributed by atoms with Gasteiger partial charge >= 0.3 is 31.6 Å². The second-order valence-electron chi connectivity index (χ2n) is 3.17. The van der Waals surface area contributed by atoms with Crippen LogP contribution in [-0.2, 0) is 36.2 Å². The Morgan fingerprint density at radius 1 is 0.846 bits per heavy atom. The summed E-state index contributed by atoms with van der Waals surface area (Å²) in [4.78, 5) is 30.2. The Bertz CT molecular complexity index is 572. The van der Waals surface area contributed by atoms with Gasteiger partial charge in [0.1, 0.15) is 29.2 Å². The second-order valence-corrected chi connectivity index (χ2v) is 3.17. The molecule has 0 aliphatic carbocycles. The van der Waals surface area contributed by atoms with Crippen molar-refractivity contribution in [3.63, 3.8) is 0 Å². The van der Waals surface area contributed by atoms with E-state index in [0.29, 0.717) is 0 Å². The van der Waals surface area contributed by atoms with Crippen LogP contribution in [0.15, 0.2) is 41.7 Å². The molecule has 0 spiro atoms. The summed E-state index contributed by atoms with van der Waals surface area (Å²) in [7, 11) is -10.7. The first-order chi connectivity index (χ1) is 11.3. The van der Waals surface area contributed by atoms with Gasteiger partial charge in [0.15, 0.2) is 0 Å². The molecule has 0 N–H and O–H groups in total. The van der Waals surface area contributed by atoms with Crippen LogP contribution in [0.1, 0.15) is 0 Å². The van der Waals surface area contributed by atoms with Crippen molar-refractivity contribution >= 4 is 32.3 Å². The Morgan fingerprint density at radius 3 is 1.54 bits per heavy atom. The minimum absolute atomic E-state index is 0. The van der Waals surface area contributed by atoms with Gasteiger partial charge in [-0.3, -0.25) is 0 Å². The van der Waals surface area contributed by atoms with Crippen molar-refractivity contribution in [2.24, 2.45) is 0 Å². The molecule has 0 saturated heterocycles. The fraction of sp³-hybridized carbons (Fsp3) is 0.0909. The van der Waals surface area contributed by atoms with Crippen molar-refractivity contribution in [2.75, 3.05) is 7.11 Å². The first kappa shape index (κ1) is 31.5. The fourth-order valence-corrected chi connectivity index (χ4v) is 0.715. The van der Waals surface area contributed by atoms with Gasteiger partial charge in [-0.25, -0.2) is 14.4 Å². The van der Waals surface area contributed by atoms with E-state index in [1.807, 2.05) is 0 Å². The van der Waals surface area contributed by atoms with E-state index in [1.54, 1.807) is 5.94 Å². The van der Waals surface area contributed by atoms with Crippen molar-refractivity contribution in [3.05, 3.63) is 41.7 Å². The molecule has 0 rings (SSSR count). The molecule has 15 heteroatoms. The predicted octanol–water partition coefficient (Wildman–Crippen LogP) is 3.20. The molecule has 0 aromatic heterocycles. The molecule has 0 atom stereocenters. The van der Waals surface area contributed by atoms with E-state index in [0.717, 1.165) is 12.2 Å². The van der Waals surface area contributed by atoms with E-state index >= 15 is 0 Å². The van der Waals surface area contributed by atoms with Crippen LogP contribution in [0.25, 0.3) is 0 Å². The van der Waals surface area contributed by atoms with Gasteiger partial charge in [0.2, 0.25) is 0 Å². The number of hydrogen-bond acceptors (Lipinski definition) is 4. The van der Waals surface area contributed by atoms with Gasteiger partial charge in [-0.05, 0) is 6.08 Å². The molecule has 26 heavy (non-hydrogen) atoms. The molecule has 0 radical (unpaired) electrons. The molecule has 146 valence electrons. The van der Waals surface area contributed by atoms with E-state index < -0.39 is 14.5 Å². The van der Waals surface area contributed by atoms with Gasteiger partial charge < -0.3 is 39.3 Å². The minimum atomic E-state index is -6.00. The summed E-state index contributed by atoms with van der Waals surface area (Å²) in [6, 6.07) is 0. The normalized spacial score (nSPS) is 10.3. The molecule has 4 nitrogen and oxygen atoms in total. The van der Waals surface area contributed by atoms with Crippen molar-refractivity contribution in [3.8, 4) is 0 Å². The monoisotopic (exact) mass is 434 g/mol. The Hall–Kier alpha value is -2.28. The summed E-state index contributed by atoms with van der Waals surface area (Å²) in [6.07, 6.45) is 6.32.